The largest absolute Gasteiger partial charge is 0.385 e. The van der Waals surface area contributed by atoms with Crippen LogP contribution in [0.25, 0.3) is 0 Å². The molecule has 1 fully saturated rings. The number of ether oxygens (including phenoxy) is 1. The average molecular weight is 257 g/mol. The van der Waals surface area contributed by atoms with Gasteiger partial charge in [-0.25, -0.2) is 0 Å². The molecule has 0 saturated heterocycles. The number of hydrogen-bond donors (Lipinski definition) is 3. The van der Waals surface area contributed by atoms with Crippen LogP contribution >= 0.6 is 0 Å². The van der Waals surface area contributed by atoms with Gasteiger partial charge in [0.1, 0.15) is 0 Å². The zero-order valence-corrected chi connectivity index (χ0v) is 11.1. The molecule has 18 heavy (non-hydrogen) atoms. The van der Waals surface area contributed by atoms with Crippen molar-refractivity contribution in [3.63, 3.8) is 0 Å². The Labute approximate surface area is 108 Å². The van der Waals surface area contributed by atoms with Crippen LogP contribution in [0.5, 0.6) is 0 Å². The summed E-state index contributed by atoms with van der Waals surface area (Å²) in [5, 5.41) is 8.54. The summed E-state index contributed by atoms with van der Waals surface area (Å²) < 4.78 is 4.89. The second kappa shape index (κ2) is 8.05. The zero-order chi connectivity index (χ0) is 13.4. The number of nitrogens with one attached hydrogen (secondary N) is 3. The van der Waals surface area contributed by atoms with Gasteiger partial charge in [-0.15, -0.1) is 0 Å². The Morgan fingerprint density at radius 1 is 1.39 bits per heavy atom. The predicted molar refractivity (Wildman–Crippen MR) is 68.1 cm³/mol. The average Bonchev–Trinajstić information content (AvgIpc) is 3.15. The second-order valence-electron chi connectivity index (χ2n) is 4.58. The van der Waals surface area contributed by atoms with E-state index in [2.05, 4.69) is 16.0 Å². The van der Waals surface area contributed by atoms with E-state index >= 15 is 0 Å². The molecule has 1 atom stereocenters. The Morgan fingerprint density at radius 3 is 2.72 bits per heavy atom. The Morgan fingerprint density at radius 2 is 2.11 bits per heavy atom. The summed E-state index contributed by atoms with van der Waals surface area (Å²) in [5.41, 5.74) is 0. The minimum Gasteiger partial charge on any atom is -0.385 e. The maximum atomic E-state index is 11.6. The Hall–Kier alpha value is -1.14. The highest BCUT2D eigenvalue weighted by molar-refractivity contribution is 5.83. The molecule has 1 aliphatic rings. The van der Waals surface area contributed by atoms with Crippen LogP contribution in [-0.4, -0.2) is 50.7 Å². The van der Waals surface area contributed by atoms with E-state index in [4.69, 9.17) is 4.74 Å². The van der Waals surface area contributed by atoms with Gasteiger partial charge >= 0.3 is 0 Å². The third kappa shape index (κ3) is 6.56. The summed E-state index contributed by atoms with van der Waals surface area (Å²) >= 11 is 0. The lowest BCUT2D eigenvalue weighted by Crippen LogP contribution is -2.46. The zero-order valence-electron chi connectivity index (χ0n) is 11.1. The van der Waals surface area contributed by atoms with E-state index in [1.165, 1.54) is 0 Å². The Kier molecular flexibility index (Phi) is 6.67. The van der Waals surface area contributed by atoms with Gasteiger partial charge in [0.05, 0.1) is 12.6 Å². The number of hydrogen-bond acceptors (Lipinski definition) is 4. The molecule has 1 saturated carbocycles. The molecular formula is C12H23N3O3. The number of carbonyl (C=O) groups is 2. The van der Waals surface area contributed by atoms with Crippen LogP contribution in [0, 0.1) is 0 Å². The molecular weight excluding hydrogens is 234 g/mol. The molecule has 0 aromatic heterocycles. The fourth-order valence-corrected chi connectivity index (χ4v) is 1.43. The molecule has 1 aliphatic carbocycles. The summed E-state index contributed by atoms with van der Waals surface area (Å²) in [7, 11) is 1.63. The van der Waals surface area contributed by atoms with E-state index < -0.39 is 0 Å². The quantitative estimate of drug-likeness (QED) is 0.482. The van der Waals surface area contributed by atoms with E-state index in [1.54, 1.807) is 14.0 Å². The summed E-state index contributed by atoms with van der Waals surface area (Å²) in [5.74, 6) is -0.137. The monoisotopic (exact) mass is 257 g/mol. The van der Waals surface area contributed by atoms with E-state index in [0.717, 1.165) is 19.3 Å². The molecule has 0 aromatic carbocycles. The van der Waals surface area contributed by atoms with Gasteiger partial charge in [-0.2, -0.15) is 0 Å². The molecule has 0 aromatic rings. The maximum absolute atomic E-state index is 11.6. The maximum Gasteiger partial charge on any atom is 0.236 e. The van der Waals surface area contributed by atoms with Crippen molar-refractivity contribution in [3.8, 4) is 0 Å². The Balaban J connectivity index is 2.04. The first kappa shape index (κ1) is 14.9. The topological polar surface area (TPSA) is 79.5 Å². The number of amides is 2. The molecule has 104 valence electrons. The number of rotatable bonds is 9. The number of methoxy groups -OCH3 is 1. The van der Waals surface area contributed by atoms with Crippen molar-refractivity contribution in [1.82, 2.24) is 16.0 Å². The fourth-order valence-electron chi connectivity index (χ4n) is 1.43. The summed E-state index contributed by atoms with van der Waals surface area (Å²) in [6.07, 6.45) is 2.93. The van der Waals surface area contributed by atoms with Crippen LogP contribution < -0.4 is 16.0 Å². The van der Waals surface area contributed by atoms with Crippen LogP contribution in [-0.2, 0) is 14.3 Å². The third-order valence-corrected chi connectivity index (χ3v) is 2.73. The van der Waals surface area contributed by atoms with Crippen molar-refractivity contribution >= 4 is 11.8 Å². The van der Waals surface area contributed by atoms with Gasteiger partial charge in [0.25, 0.3) is 0 Å². The molecule has 0 heterocycles. The van der Waals surface area contributed by atoms with Crippen molar-refractivity contribution in [2.24, 2.45) is 0 Å². The minimum absolute atomic E-state index is 0.0449. The smallest absolute Gasteiger partial charge is 0.236 e. The lowest BCUT2D eigenvalue weighted by atomic mass is 10.3. The van der Waals surface area contributed by atoms with Crippen LogP contribution in [0.4, 0.5) is 0 Å². The molecule has 0 spiro atoms. The SMILES string of the molecule is COCCCNC(=O)C(C)NCC(=O)NC1CC1. The first-order valence-corrected chi connectivity index (χ1v) is 6.43. The van der Waals surface area contributed by atoms with Crippen molar-refractivity contribution in [2.45, 2.75) is 38.3 Å². The van der Waals surface area contributed by atoms with Gasteiger partial charge in [0.15, 0.2) is 0 Å². The van der Waals surface area contributed by atoms with Gasteiger partial charge in [-0.3, -0.25) is 14.9 Å². The van der Waals surface area contributed by atoms with E-state index in [1.807, 2.05) is 0 Å². The summed E-state index contributed by atoms with van der Waals surface area (Å²) in [4.78, 5) is 23.0. The molecule has 0 radical (unpaired) electrons. The van der Waals surface area contributed by atoms with Crippen molar-refractivity contribution in [2.75, 3.05) is 26.8 Å². The molecule has 1 unspecified atom stereocenters. The first-order valence-electron chi connectivity index (χ1n) is 6.43. The third-order valence-electron chi connectivity index (χ3n) is 2.73. The molecule has 6 nitrogen and oxygen atoms in total. The van der Waals surface area contributed by atoms with Gasteiger partial charge in [0, 0.05) is 26.3 Å². The molecule has 6 heteroatoms. The van der Waals surface area contributed by atoms with Crippen molar-refractivity contribution < 1.29 is 14.3 Å². The van der Waals surface area contributed by atoms with E-state index in [9.17, 15) is 9.59 Å². The summed E-state index contributed by atoms with van der Waals surface area (Å²) in [6, 6.07) is -0.00465. The lowest BCUT2D eigenvalue weighted by Gasteiger charge is -2.13. The molecule has 3 N–H and O–H groups in total. The normalized spacial score (nSPS) is 16.1. The molecule has 2 amide bonds. The van der Waals surface area contributed by atoms with E-state index in [0.29, 0.717) is 19.2 Å². The van der Waals surface area contributed by atoms with Gasteiger partial charge in [0.2, 0.25) is 11.8 Å². The first-order chi connectivity index (χ1) is 8.63. The van der Waals surface area contributed by atoms with Gasteiger partial charge in [-0.05, 0) is 26.2 Å². The lowest BCUT2D eigenvalue weighted by molar-refractivity contribution is -0.123. The molecule has 0 bridgehead atoms. The predicted octanol–water partition coefficient (Wildman–Crippen LogP) is -0.604. The van der Waals surface area contributed by atoms with Crippen molar-refractivity contribution in [3.05, 3.63) is 0 Å². The number of carbonyl (C=O) groups excluding carboxylic acids is 2. The Bertz CT molecular complexity index is 280. The summed E-state index contributed by atoms with van der Waals surface area (Å²) in [6.45, 7) is 3.15. The van der Waals surface area contributed by atoms with Crippen LogP contribution in [0.1, 0.15) is 26.2 Å². The van der Waals surface area contributed by atoms with Crippen molar-refractivity contribution in [1.29, 1.82) is 0 Å². The molecule has 1 rings (SSSR count). The molecule has 0 aliphatic heterocycles. The van der Waals surface area contributed by atoms with Crippen LogP contribution in [0.3, 0.4) is 0 Å². The minimum atomic E-state index is -0.363. The van der Waals surface area contributed by atoms with Gasteiger partial charge < -0.3 is 15.4 Å². The highest BCUT2D eigenvalue weighted by atomic mass is 16.5. The van der Waals surface area contributed by atoms with Crippen LogP contribution in [0.15, 0.2) is 0 Å². The fraction of sp³-hybridized carbons (Fsp3) is 0.833. The van der Waals surface area contributed by atoms with Crippen LogP contribution in [0.2, 0.25) is 0 Å². The van der Waals surface area contributed by atoms with Gasteiger partial charge in [-0.1, -0.05) is 0 Å². The van der Waals surface area contributed by atoms with E-state index in [-0.39, 0.29) is 24.4 Å². The highest BCUT2D eigenvalue weighted by Crippen LogP contribution is 2.18. The highest BCUT2D eigenvalue weighted by Gasteiger charge is 2.23. The second-order valence-corrected chi connectivity index (χ2v) is 4.58. The standard InChI is InChI=1S/C12H23N3O3/c1-9(12(17)13-6-3-7-18-2)14-8-11(16)15-10-4-5-10/h9-10,14H,3-8H2,1-2H3,(H,13,17)(H,15,16).